The summed E-state index contributed by atoms with van der Waals surface area (Å²) in [5.41, 5.74) is 2.99. The highest BCUT2D eigenvalue weighted by Crippen LogP contribution is 2.38. The zero-order valence-electron chi connectivity index (χ0n) is 13.3. The Morgan fingerprint density at radius 3 is 2.70 bits per heavy atom. The average molecular weight is 375 g/mol. The first kappa shape index (κ1) is 15.4. The zero-order chi connectivity index (χ0) is 15.7. The number of likely N-dealkylation sites (tertiary alicyclic amines) is 1. The molecule has 1 aromatic carbocycles. The van der Waals surface area contributed by atoms with Crippen molar-refractivity contribution in [3.63, 3.8) is 0 Å². The average Bonchev–Trinajstić information content (AvgIpc) is 3.17. The molecule has 2 fully saturated rings. The number of piperidine rings is 1. The fraction of sp³-hybridized carbons (Fsp3) is 0.500. The van der Waals surface area contributed by atoms with Crippen molar-refractivity contribution < 1.29 is 0 Å². The summed E-state index contributed by atoms with van der Waals surface area (Å²) in [6.45, 7) is 5.87. The van der Waals surface area contributed by atoms with Gasteiger partial charge in [-0.2, -0.15) is 5.10 Å². The molecule has 0 unspecified atom stereocenters. The summed E-state index contributed by atoms with van der Waals surface area (Å²) >= 11 is 3.48. The van der Waals surface area contributed by atoms with Crippen molar-refractivity contribution in [3.8, 4) is 5.69 Å². The van der Waals surface area contributed by atoms with Crippen molar-refractivity contribution >= 4 is 15.9 Å². The van der Waals surface area contributed by atoms with Gasteiger partial charge in [0.2, 0.25) is 0 Å². The molecule has 0 atom stereocenters. The van der Waals surface area contributed by atoms with Crippen molar-refractivity contribution in [1.82, 2.24) is 20.0 Å². The van der Waals surface area contributed by atoms with Gasteiger partial charge in [-0.3, -0.25) is 4.90 Å². The summed E-state index contributed by atoms with van der Waals surface area (Å²) in [7, 11) is 0. The van der Waals surface area contributed by atoms with Crippen LogP contribution in [-0.4, -0.2) is 40.9 Å². The van der Waals surface area contributed by atoms with E-state index >= 15 is 0 Å². The minimum atomic E-state index is 0.576. The van der Waals surface area contributed by atoms with E-state index in [1.165, 1.54) is 51.0 Å². The van der Waals surface area contributed by atoms with Gasteiger partial charge in [0.05, 0.1) is 11.9 Å². The fourth-order valence-corrected chi connectivity index (χ4v) is 4.23. The molecule has 0 radical (unpaired) electrons. The number of rotatable bonds is 3. The maximum atomic E-state index is 4.53. The molecule has 1 aromatic heterocycles. The molecule has 122 valence electrons. The van der Waals surface area contributed by atoms with Gasteiger partial charge < -0.3 is 5.32 Å². The summed E-state index contributed by atoms with van der Waals surface area (Å²) in [5, 5.41) is 8.02. The number of halogens is 1. The number of nitrogens with one attached hydrogen (secondary N) is 1. The van der Waals surface area contributed by atoms with E-state index < -0.39 is 0 Å². The van der Waals surface area contributed by atoms with Crippen molar-refractivity contribution in [2.45, 2.75) is 25.8 Å². The second-order valence-electron chi connectivity index (χ2n) is 6.98. The monoisotopic (exact) mass is 374 g/mol. The number of benzene rings is 1. The number of hydrogen-bond donors (Lipinski definition) is 1. The predicted octanol–water partition coefficient (Wildman–Crippen LogP) is 3.21. The SMILES string of the molecule is Brc1ccc(-n2cc(CN3CCC4(CCNCC4)C3)cn2)cc1. The molecule has 2 aliphatic rings. The van der Waals surface area contributed by atoms with Crippen LogP contribution in [-0.2, 0) is 6.54 Å². The Labute approximate surface area is 146 Å². The molecular weight excluding hydrogens is 352 g/mol. The van der Waals surface area contributed by atoms with Gasteiger partial charge in [0.1, 0.15) is 0 Å². The second kappa shape index (κ2) is 6.38. The zero-order valence-corrected chi connectivity index (χ0v) is 14.9. The van der Waals surface area contributed by atoms with Crippen LogP contribution in [0.3, 0.4) is 0 Å². The van der Waals surface area contributed by atoms with Gasteiger partial charge in [0, 0.05) is 29.3 Å². The van der Waals surface area contributed by atoms with E-state index in [-0.39, 0.29) is 0 Å². The van der Waals surface area contributed by atoms with Crippen LogP contribution >= 0.6 is 15.9 Å². The highest BCUT2D eigenvalue weighted by atomic mass is 79.9. The Balaban J connectivity index is 1.41. The molecule has 0 saturated carbocycles. The van der Waals surface area contributed by atoms with Gasteiger partial charge in [0.25, 0.3) is 0 Å². The number of nitrogens with zero attached hydrogens (tertiary/aromatic N) is 3. The minimum Gasteiger partial charge on any atom is -0.317 e. The van der Waals surface area contributed by atoms with Crippen LogP contribution in [0.25, 0.3) is 5.69 Å². The van der Waals surface area contributed by atoms with Crippen molar-refractivity contribution in [2.75, 3.05) is 26.2 Å². The first-order valence-electron chi connectivity index (χ1n) is 8.45. The van der Waals surface area contributed by atoms with Crippen LogP contribution in [0.1, 0.15) is 24.8 Å². The molecule has 4 nitrogen and oxygen atoms in total. The van der Waals surface area contributed by atoms with Crippen LogP contribution in [0, 0.1) is 5.41 Å². The summed E-state index contributed by atoms with van der Waals surface area (Å²) < 4.78 is 3.07. The molecule has 5 heteroatoms. The molecule has 4 rings (SSSR count). The first-order chi connectivity index (χ1) is 11.2. The molecule has 2 aliphatic heterocycles. The molecule has 1 spiro atoms. The molecule has 0 aliphatic carbocycles. The van der Waals surface area contributed by atoms with Gasteiger partial charge in [-0.05, 0) is 68.6 Å². The van der Waals surface area contributed by atoms with E-state index in [0.717, 1.165) is 16.7 Å². The van der Waals surface area contributed by atoms with Crippen molar-refractivity contribution in [2.24, 2.45) is 5.41 Å². The molecule has 3 heterocycles. The molecule has 1 N–H and O–H groups in total. The molecule has 23 heavy (non-hydrogen) atoms. The van der Waals surface area contributed by atoms with E-state index in [4.69, 9.17) is 0 Å². The predicted molar refractivity (Wildman–Crippen MR) is 95.7 cm³/mol. The quantitative estimate of drug-likeness (QED) is 0.895. The number of aromatic nitrogens is 2. The van der Waals surface area contributed by atoms with E-state index in [2.05, 4.69) is 61.7 Å². The fourth-order valence-electron chi connectivity index (χ4n) is 3.96. The molecule has 0 bridgehead atoms. The van der Waals surface area contributed by atoms with Gasteiger partial charge in [0.15, 0.2) is 0 Å². The first-order valence-corrected chi connectivity index (χ1v) is 9.24. The lowest BCUT2D eigenvalue weighted by atomic mass is 9.78. The third-order valence-electron chi connectivity index (χ3n) is 5.32. The molecule has 2 saturated heterocycles. The lowest BCUT2D eigenvalue weighted by molar-refractivity contribution is 0.194. The van der Waals surface area contributed by atoms with E-state index in [1.54, 1.807) is 0 Å². The lowest BCUT2D eigenvalue weighted by Gasteiger charge is -2.33. The number of hydrogen-bond acceptors (Lipinski definition) is 3. The van der Waals surface area contributed by atoms with E-state index in [1.807, 2.05) is 10.9 Å². The Morgan fingerprint density at radius 1 is 1.13 bits per heavy atom. The molecular formula is C18H23BrN4. The summed E-state index contributed by atoms with van der Waals surface area (Å²) in [6.07, 6.45) is 8.20. The Kier molecular flexibility index (Phi) is 4.26. The maximum Gasteiger partial charge on any atom is 0.0646 e. The topological polar surface area (TPSA) is 33.1 Å². The lowest BCUT2D eigenvalue weighted by Crippen LogP contribution is -2.38. The summed E-state index contributed by atoms with van der Waals surface area (Å²) in [6, 6.07) is 8.28. The van der Waals surface area contributed by atoms with Gasteiger partial charge in [-0.25, -0.2) is 4.68 Å². The van der Waals surface area contributed by atoms with Crippen LogP contribution < -0.4 is 5.32 Å². The highest BCUT2D eigenvalue weighted by Gasteiger charge is 2.38. The third-order valence-corrected chi connectivity index (χ3v) is 5.84. The largest absolute Gasteiger partial charge is 0.317 e. The summed E-state index contributed by atoms with van der Waals surface area (Å²) in [5.74, 6) is 0. The Morgan fingerprint density at radius 2 is 1.91 bits per heavy atom. The van der Waals surface area contributed by atoms with Crippen LogP contribution in [0.4, 0.5) is 0 Å². The van der Waals surface area contributed by atoms with E-state index in [0.29, 0.717) is 5.41 Å². The van der Waals surface area contributed by atoms with Crippen molar-refractivity contribution in [1.29, 1.82) is 0 Å². The smallest absolute Gasteiger partial charge is 0.0646 e. The molecule has 2 aromatic rings. The summed E-state index contributed by atoms with van der Waals surface area (Å²) in [4.78, 5) is 2.61. The highest BCUT2D eigenvalue weighted by molar-refractivity contribution is 9.10. The van der Waals surface area contributed by atoms with Gasteiger partial charge >= 0.3 is 0 Å². The minimum absolute atomic E-state index is 0.576. The third kappa shape index (κ3) is 3.37. The van der Waals surface area contributed by atoms with E-state index in [9.17, 15) is 0 Å². The maximum absolute atomic E-state index is 4.53. The van der Waals surface area contributed by atoms with Crippen LogP contribution in [0.5, 0.6) is 0 Å². The standard InChI is InChI=1S/C18H23BrN4/c19-16-1-3-17(4-2-16)23-13-15(11-21-23)12-22-10-7-18(14-22)5-8-20-9-6-18/h1-4,11,13,20H,5-10,12,14H2. The van der Waals surface area contributed by atoms with Crippen LogP contribution in [0.2, 0.25) is 0 Å². The second-order valence-corrected chi connectivity index (χ2v) is 7.90. The Bertz CT molecular complexity index is 658. The van der Waals surface area contributed by atoms with Crippen LogP contribution in [0.15, 0.2) is 41.1 Å². The normalized spacial score (nSPS) is 21.1. The Hall–Kier alpha value is -1.17. The van der Waals surface area contributed by atoms with Crippen molar-refractivity contribution in [3.05, 3.63) is 46.7 Å². The molecule has 0 amide bonds. The van der Waals surface area contributed by atoms with Gasteiger partial charge in [-0.1, -0.05) is 15.9 Å². The van der Waals surface area contributed by atoms with Gasteiger partial charge in [-0.15, -0.1) is 0 Å².